The Labute approximate surface area is 123 Å². The standard InChI is InChI=1S/C14H21N3O4/c1-14(2,12(15)20)7-17-11(19)9(8-5-3-4-6-8)10(18)16-13(17)21/h8-9H,3-7H2,1-2H3,(H2,15,20)(H,16,18,21). The van der Waals surface area contributed by atoms with Crippen LogP contribution in [0.5, 0.6) is 0 Å². The quantitative estimate of drug-likeness (QED) is 0.731. The lowest BCUT2D eigenvalue weighted by atomic mass is 9.86. The van der Waals surface area contributed by atoms with Gasteiger partial charge in [-0.2, -0.15) is 0 Å². The van der Waals surface area contributed by atoms with Crippen molar-refractivity contribution < 1.29 is 19.2 Å². The van der Waals surface area contributed by atoms with Crippen LogP contribution in [-0.2, 0) is 14.4 Å². The number of nitrogens with one attached hydrogen (secondary N) is 1. The summed E-state index contributed by atoms with van der Waals surface area (Å²) in [4.78, 5) is 48.7. The van der Waals surface area contributed by atoms with E-state index >= 15 is 0 Å². The molecule has 1 saturated carbocycles. The number of amides is 5. The summed E-state index contributed by atoms with van der Waals surface area (Å²) < 4.78 is 0. The second kappa shape index (κ2) is 5.46. The summed E-state index contributed by atoms with van der Waals surface area (Å²) in [5.41, 5.74) is 4.25. The summed E-state index contributed by atoms with van der Waals surface area (Å²) in [6, 6.07) is -0.770. The molecule has 1 heterocycles. The minimum Gasteiger partial charge on any atom is -0.369 e. The van der Waals surface area contributed by atoms with Gasteiger partial charge in [-0.1, -0.05) is 12.8 Å². The normalized spacial score (nSPS) is 24.4. The van der Waals surface area contributed by atoms with Crippen LogP contribution in [-0.4, -0.2) is 35.2 Å². The molecule has 2 aliphatic rings. The van der Waals surface area contributed by atoms with Crippen molar-refractivity contribution >= 4 is 23.8 Å². The van der Waals surface area contributed by atoms with Gasteiger partial charge in [0.2, 0.25) is 17.7 Å². The number of barbiturate groups is 1. The number of imide groups is 2. The molecule has 1 unspecified atom stereocenters. The van der Waals surface area contributed by atoms with Gasteiger partial charge in [-0.25, -0.2) is 4.79 Å². The first-order valence-corrected chi connectivity index (χ1v) is 7.20. The molecule has 1 atom stereocenters. The number of hydrogen-bond acceptors (Lipinski definition) is 4. The molecule has 116 valence electrons. The van der Waals surface area contributed by atoms with Crippen LogP contribution < -0.4 is 11.1 Å². The van der Waals surface area contributed by atoms with Gasteiger partial charge >= 0.3 is 6.03 Å². The first-order chi connectivity index (χ1) is 9.74. The molecule has 21 heavy (non-hydrogen) atoms. The largest absolute Gasteiger partial charge is 0.369 e. The molecule has 0 spiro atoms. The van der Waals surface area contributed by atoms with Crippen LogP contribution in [0.4, 0.5) is 4.79 Å². The van der Waals surface area contributed by atoms with Crippen LogP contribution in [0.15, 0.2) is 0 Å². The average Bonchev–Trinajstić information content (AvgIpc) is 2.88. The second-order valence-corrected chi connectivity index (χ2v) is 6.49. The fourth-order valence-electron chi connectivity index (χ4n) is 2.96. The Bertz CT molecular complexity index is 494. The van der Waals surface area contributed by atoms with Gasteiger partial charge in [0.05, 0.1) is 5.41 Å². The first kappa shape index (κ1) is 15.5. The summed E-state index contributed by atoms with van der Waals surface area (Å²) in [5.74, 6) is -2.48. The van der Waals surface area contributed by atoms with Crippen molar-refractivity contribution in [3.63, 3.8) is 0 Å². The van der Waals surface area contributed by atoms with E-state index in [9.17, 15) is 19.2 Å². The van der Waals surface area contributed by atoms with E-state index in [-0.39, 0.29) is 12.5 Å². The van der Waals surface area contributed by atoms with Crippen molar-refractivity contribution in [3.05, 3.63) is 0 Å². The molecule has 1 saturated heterocycles. The maximum Gasteiger partial charge on any atom is 0.330 e. The van der Waals surface area contributed by atoms with Crippen LogP contribution in [0.2, 0.25) is 0 Å². The van der Waals surface area contributed by atoms with Crippen LogP contribution in [0.25, 0.3) is 0 Å². The smallest absolute Gasteiger partial charge is 0.330 e. The average molecular weight is 295 g/mol. The zero-order chi connectivity index (χ0) is 15.8. The molecule has 7 nitrogen and oxygen atoms in total. The summed E-state index contributed by atoms with van der Waals surface area (Å²) >= 11 is 0. The van der Waals surface area contributed by atoms with E-state index in [1.165, 1.54) is 0 Å². The van der Waals surface area contributed by atoms with Gasteiger partial charge in [0.1, 0.15) is 5.92 Å². The molecule has 5 amide bonds. The first-order valence-electron chi connectivity index (χ1n) is 7.20. The van der Waals surface area contributed by atoms with Gasteiger partial charge in [-0.05, 0) is 32.6 Å². The number of rotatable bonds is 4. The molecule has 2 rings (SSSR count). The van der Waals surface area contributed by atoms with Crippen LogP contribution in [0, 0.1) is 17.3 Å². The van der Waals surface area contributed by atoms with Gasteiger partial charge in [-0.3, -0.25) is 24.6 Å². The monoisotopic (exact) mass is 295 g/mol. The number of nitrogens with zero attached hydrogens (tertiary/aromatic N) is 1. The van der Waals surface area contributed by atoms with Crippen molar-refractivity contribution in [2.75, 3.05) is 6.54 Å². The Balaban J connectivity index is 2.20. The van der Waals surface area contributed by atoms with E-state index in [2.05, 4.69) is 5.32 Å². The lowest BCUT2D eigenvalue weighted by Gasteiger charge is -2.36. The number of carbonyl (C=O) groups is 4. The van der Waals surface area contributed by atoms with Crippen LogP contribution >= 0.6 is 0 Å². The molecule has 3 N–H and O–H groups in total. The predicted octanol–water partition coefficient (Wildman–Crippen LogP) is 0.383. The Kier molecular flexibility index (Phi) is 4.02. The summed E-state index contributed by atoms with van der Waals surface area (Å²) in [5, 5.41) is 2.22. The number of carbonyl (C=O) groups excluding carboxylic acids is 4. The summed E-state index contributed by atoms with van der Waals surface area (Å²) in [6.07, 6.45) is 3.60. The topological polar surface area (TPSA) is 110 Å². The van der Waals surface area contributed by atoms with E-state index in [4.69, 9.17) is 5.73 Å². The lowest BCUT2D eigenvalue weighted by Crippen LogP contribution is -2.61. The molecule has 2 fully saturated rings. The minimum absolute atomic E-state index is 0.0233. The highest BCUT2D eigenvalue weighted by molar-refractivity contribution is 6.16. The van der Waals surface area contributed by atoms with Crippen molar-refractivity contribution in [3.8, 4) is 0 Å². The second-order valence-electron chi connectivity index (χ2n) is 6.49. The van der Waals surface area contributed by atoms with E-state index in [1.54, 1.807) is 13.8 Å². The third-order valence-corrected chi connectivity index (χ3v) is 4.38. The molecule has 0 aromatic carbocycles. The Hall–Kier alpha value is -1.92. The van der Waals surface area contributed by atoms with Crippen LogP contribution in [0.3, 0.4) is 0 Å². The van der Waals surface area contributed by atoms with Crippen molar-refractivity contribution in [1.29, 1.82) is 0 Å². The van der Waals surface area contributed by atoms with E-state index in [1.807, 2.05) is 0 Å². The number of urea groups is 1. The maximum atomic E-state index is 12.5. The molecule has 7 heteroatoms. The number of nitrogens with two attached hydrogens (primary N) is 1. The van der Waals surface area contributed by atoms with E-state index < -0.39 is 35.1 Å². The summed E-state index contributed by atoms with van der Waals surface area (Å²) in [6.45, 7) is 3.01. The molecular weight excluding hydrogens is 274 g/mol. The van der Waals surface area contributed by atoms with Crippen molar-refractivity contribution in [1.82, 2.24) is 10.2 Å². The predicted molar refractivity (Wildman–Crippen MR) is 73.7 cm³/mol. The third-order valence-electron chi connectivity index (χ3n) is 4.38. The Morgan fingerprint density at radius 2 is 1.86 bits per heavy atom. The summed E-state index contributed by atoms with van der Waals surface area (Å²) in [7, 11) is 0. The van der Waals surface area contributed by atoms with Gasteiger partial charge < -0.3 is 5.73 Å². The fraction of sp³-hybridized carbons (Fsp3) is 0.714. The third kappa shape index (κ3) is 2.91. The molecule has 1 aliphatic heterocycles. The highest BCUT2D eigenvalue weighted by atomic mass is 16.2. The van der Waals surface area contributed by atoms with Gasteiger partial charge in [0.25, 0.3) is 0 Å². The number of primary amides is 1. The molecule has 0 aromatic heterocycles. The fourth-order valence-corrected chi connectivity index (χ4v) is 2.96. The Morgan fingerprint density at radius 1 is 1.29 bits per heavy atom. The van der Waals surface area contributed by atoms with Crippen molar-refractivity contribution in [2.45, 2.75) is 39.5 Å². The van der Waals surface area contributed by atoms with E-state index in [0.29, 0.717) is 0 Å². The zero-order valence-electron chi connectivity index (χ0n) is 12.3. The van der Waals surface area contributed by atoms with Gasteiger partial charge in [0.15, 0.2) is 0 Å². The van der Waals surface area contributed by atoms with Crippen molar-refractivity contribution in [2.24, 2.45) is 23.0 Å². The molecule has 1 aliphatic carbocycles. The molecule has 0 aromatic rings. The molecule has 0 radical (unpaired) electrons. The lowest BCUT2D eigenvalue weighted by molar-refractivity contribution is -0.146. The maximum absolute atomic E-state index is 12.5. The Morgan fingerprint density at radius 3 is 2.38 bits per heavy atom. The van der Waals surface area contributed by atoms with Gasteiger partial charge in [-0.15, -0.1) is 0 Å². The molecule has 0 bridgehead atoms. The minimum atomic E-state index is -1.03. The van der Waals surface area contributed by atoms with Crippen LogP contribution in [0.1, 0.15) is 39.5 Å². The zero-order valence-corrected chi connectivity index (χ0v) is 12.3. The van der Waals surface area contributed by atoms with Gasteiger partial charge in [0, 0.05) is 6.54 Å². The molecular formula is C14H21N3O4. The SMILES string of the molecule is CC(C)(CN1C(=O)NC(=O)C(C2CCCC2)C1=O)C(N)=O. The highest BCUT2D eigenvalue weighted by Gasteiger charge is 2.47. The number of hydrogen-bond donors (Lipinski definition) is 2. The van der Waals surface area contributed by atoms with E-state index in [0.717, 1.165) is 30.6 Å². The highest BCUT2D eigenvalue weighted by Crippen LogP contribution is 2.34.